The first-order chi connectivity index (χ1) is 7.36. The Labute approximate surface area is 89.7 Å². The van der Waals surface area contributed by atoms with E-state index in [9.17, 15) is 4.39 Å². The predicted molar refractivity (Wildman–Crippen MR) is 58.5 cm³/mol. The molecule has 1 aromatic rings. The minimum atomic E-state index is 0.00546. The van der Waals surface area contributed by atoms with Gasteiger partial charge in [0.15, 0.2) is 0 Å². The van der Waals surface area contributed by atoms with E-state index in [2.05, 4.69) is 11.4 Å². The summed E-state index contributed by atoms with van der Waals surface area (Å²) < 4.78 is 13.8. The zero-order valence-corrected chi connectivity index (χ0v) is 8.80. The van der Waals surface area contributed by atoms with Gasteiger partial charge < -0.3 is 5.32 Å². The monoisotopic (exact) mass is 205 g/mol. The van der Waals surface area contributed by atoms with E-state index in [1.807, 2.05) is 6.07 Å². The molecule has 3 rings (SSSR count). The molecule has 0 unspecified atom stereocenters. The number of halogens is 1. The summed E-state index contributed by atoms with van der Waals surface area (Å²) in [5.41, 5.74) is 2.24. The van der Waals surface area contributed by atoms with Crippen LogP contribution in [0.3, 0.4) is 0 Å². The Morgan fingerprint density at radius 3 is 3.13 bits per heavy atom. The van der Waals surface area contributed by atoms with Crippen molar-refractivity contribution in [3.63, 3.8) is 0 Å². The van der Waals surface area contributed by atoms with Crippen LogP contribution in [0.5, 0.6) is 0 Å². The SMILES string of the molecule is Fc1cccc2c1[C@H]1CCCN[C@@H]1CC2. The Hall–Kier alpha value is -0.890. The summed E-state index contributed by atoms with van der Waals surface area (Å²) in [6.07, 6.45) is 4.52. The topological polar surface area (TPSA) is 12.0 Å². The summed E-state index contributed by atoms with van der Waals surface area (Å²) in [4.78, 5) is 0. The largest absolute Gasteiger partial charge is 0.313 e. The van der Waals surface area contributed by atoms with Crippen LogP contribution in [-0.4, -0.2) is 12.6 Å². The van der Waals surface area contributed by atoms with Crippen molar-refractivity contribution in [1.29, 1.82) is 0 Å². The first-order valence-electron chi connectivity index (χ1n) is 5.87. The number of fused-ring (bicyclic) bond motifs is 3. The minimum Gasteiger partial charge on any atom is -0.313 e. The number of hydrogen-bond acceptors (Lipinski definition) is 1. The van der Waals surface area contributed by atoms with Crippen molar-refractivity contribution in [2.75, 3.05) is 6.54 Å². The fourth-order valence-corrected chi connectivity index (χ4v) is 3.13. The number of benzene rings is 1. The van der Waals surface area contributed by atoms with Crippen molar-refractivity contribution in [2.24, 2.45) is 0 Å². The Morgan fingerprint density at radius 2 is 2.20 bits per heavy atom. The normalized spacial score (nSPS) is 29.4. The Bertz CT molecular complexity index is 375. The lowest BCUT2D eigenvalue weighted by Crippen LogP contribution is -2.43. The van der Waals surface area contributed by atoms with Crippen LogP contribution < -0.4 is 5.32 Å². The molecule has 0 radical (unpaired) electrons. The van der Waals surface area contributed by atoms with Gasteiger partial charge >= 0.3 is 0 Å². The molecule has 0 aromatic heterocycles. The highest BCUT2D eigenvalue weighted by molar-refractivity contribution is 5.36. The fourth-order valence-electron chi connectivity index (χ4n) is 3.13. The molecule has 2 heteroatoms. The van der Waals surface area contributed by atoms with Crippen LogP contribution in [0.4, 0.5) is 4.39 Å². The van der Waals surface area contributed by atoms with Gasteiger partial charge in [0, 0.05) is 12.0 Å². The minimum absolute atomic E-state index is 0.00546. The van der Waals surface area contributed by atoms with Gasteiger partial charge in [0.1, 0.15) is 5.82 Å². The summed E-state index contributed by atoms with van der Waals surface area (Å²) in [6, 6.07) is 6.05. The van der Waals surface area contributed by atoms with E-state index in [-0.39, 0.29) is 5.82 Å². The van der Waals surface area contributed by atoms with Crippen molar-refractivity contribution in [3.8, 4) is 0 Å². The quantitative estimate of drug-likeness (QED) is 0.686. The molecule has 2 atom stereocenters. The van der Waals surface area contributed by atoms with Gasteiger partial charge in [-0.15, -0.1) is 0 Å². The van der Waals surface area contributed by atoms with Gasteiger partial charge in [-0.1, -0.05) is 12.1 Å². The van der Waals surface area contributed by atoms with Gasteiger partial charge in [-0.05, 0) is 49.4 Å². The van der Waals surface area contributed by atoms with Gasteiger partial charge in [-0.25, -0.2) is 4.39 Å². The van der Waals surface area contributed by atoms with E-state index in [4.69, 9.17) is 0 Å². The highest BCUT2D eigenvalue weighted by atomic mass is 19.1. The average Bonchev–Trinajstić information content (AvgIpc) is 2.29. The van der Waals surface area contributed by atoms with E-state index in [0.717, 1.165) is 24.9 Å². The lowest BCUT2D eigenvalue weighted by Gasteiger charge is -2.38. The number of rotatable bonds is 0. The first-order valence-corrected chi connectivity index (χ1v) is 5.87. The molecule has 1 N–H and O–H groups in total. The highest BCUT2D eigenvalue weighted by Gasteiger charge is 2.32. The van der Waals surface area contributed by atoms with Gasteiger partial charge in [0.25, 0.3) is 0 Å². The van der Waals surface area contributed by atoms with E-state index in [0.29, 0.717) is 12.0 Å². The molecular formula is C13H16FN. The van der Waals surface area contributed by atoms with Gasteiger partial charge in [0.2, 0.25) is 0 Å². The summed E-state index contributed by atoms with van der Waals surface area (Å²) in [5, 5.41) is 3.52. The second kappa shape index (κ2) is 3.60. The summed E-state index contributed by atoms with van der Waals surface area (Å²) in [7, 11) is 0. The second-order valence-electron chi connectivity index (χ2n) is 4.66. The molecule has 1 aliphatic heterocycles. The molecule has 1 aliphatic carbocycles. The van der Waals surface area contributed by atoms with E-state index >= 15 is 0 Å². The lowest BCUT2D eigenvalue weighted by molar-refractivity contribution is 0.312. The smallest absolute Gasteiger partial charge is 0.127 e. The van der Waals surface area contributed by atoms with Crippen molar-refractivity contribution in [3.05, 3.63) is 35.1 Å². The average molecular weight is 205 g/mol. The molecule has 0 bridgehead atoms. The van der Waals surface area contributed by atoms with Crippen LogP contribution in [0, 0.1) is 5.82 Å². The zero-order valence-electron chi connectivity index (χ0n) is 8.80. The number of nitrogens with one attached hydrogen (secondary N) is 1. The molecule has 1 heterocycles. The molecule has 80 valence electrons. The molecule has 0 saturated carbocycles. The Morgan fingerprint density at radius 1 is 1.27 bits per heavy atom. The zero-order chi connectivity index (χ0) is 10.3. The molecule has 0 amide bonds. The number of aryl methyl sites for hydroxylation is 1. The Kier molecular flexibility index (Phi) is 2.24. The van der Waals surface area contributed by atoms with Crippen molar-refractivity contribution in [1.82, 2.24) is 5.32 Å². The molecule has 1 nitrogen and oxygen atoms in total. The molecule has 1 saturated heterocycles. The maximum atomic E-state index is 13.8. The van der Waals surface area contributed by atoms with Crippen molar-refractivity contribution >= 4 is 0 Å². The van der Waals surface area contributed by atoms with Crippen molar-refractivity contribution in [2.45, 2.75) is 37.6 Å². The van der Waals surface area contributed by atoms with E-state index < -0.39 is 0 Å². The summed E-state index contributed by atoms with van der Waals surface area (Å²) in [5.74, 6) is 0.426. The molecule has 1 aromatic carbocycles. The third kappa shape index (κ3) is 1.48. The fraction of sp³-hybridized carbons (Fsp3) is 0.538. The van der Waals surface area contributed by atoms with E-state index in [1.54, 1.807) is 6.07 Å². The third-order valence-electron chi connectivity index (χ3n) is 3.82. The van der Waals surface area contributed by atoms with Crippen LogP contribution >= 0.6 is 0 Å². The van der Waals surface area contributed by atoms with Crippen LogP contribution in [0.1, 0.15) is 36.3 Å². The number of piperidine rings is 1. The summed E-state index contributed by atoms with van der Waals surface area (Å²) in [6.45, 7) is 1.10. The molecule has 2 aliphatic rings. The second-order valence-corrected chi connectivity index (χ2v) is 4.66. The van der Waals surface area contributed by atoms with Crippen LogP contribution in [0.2, 0.25) is 0 Å². The molecule has 15 heavy (non-hydrogen) atoms. The first kappa shape index (κ1) is 9.34. The molecule has 0 spiro atoms. The van der Waals surface area contributed by atoms with Crippen LogP contribution in [0.15, 0.2) is 18.2 Å². The van der Waals surface area contributed by atoms with Crippen LogP contribution in [0.25, 0.3) is 0 Å². The van der Waals surface area contributed by atoms with Crippen LogP contribution in [-0.2, 0) is 6.42 Å². The number of hydrogen-bond donors (Lipinski definition) is 1. The lowest BCUT2D eigenvalue weighted by atomic mass is 9.75. The maximum Gasteiger partial charge on any atom is 0.127 e. The predicted octanol–water partition coefficient (Wildman–Crippen LogP) is 2.61. The Balaban J connectivity index is 2.05. The van der Waals surface area contributed by atoms with Gasteiger partial charge in [-0.2, -0.15) is 0 Å². The highest BCUT2D eigenvalue weighted by Crippen LogP contribution is 2.38. The molecular weight excluding hydrogens is 189 g/mol. The standard InChI is InChI=1S/C13H16FN/c14-11-5-1-3-9-6-7-12-10(13(9)11)4-2-8-15-12/h1,3,5,10,12,15H,2,4,6-8H2/t10-,12+/m0/s1. The van der Waals surface area contributed by atoms with Gasteiger partial charge in [-0.3, -0.25) is 0 Å². The van der Waals surface area contributed by atoms with Crippen molar-refractivity contribution < 1.29 is 4.39 Å². The maximum absolute atomic E-state index is 13.8. The third-order valence-corrected chi connectivity index (χ3v) is 3.82. The molecule has 1 fully saturated rings. The van der Waals surface area contributed by atoms with Gasteiger partial charge in [0.05, 0.1) is 0 Å². The van der Waals surface area contributed by atoms with E-state index in [1.165, 1.54) is 18.4 Å². The summed E-state index contributed by atoms with van der Waals surface area (Å²) >= 11 is 0.